The van der Waals surface area contributed by atoms with Gasteiger partial charge in [0.15, 0.2) is 0 Å². The Labute approximate surface area is 93.1 Å². The zero-order valence-corrected chi connectivity index (χ0v) is 10.0. The summed E-state index contributed by atoms with van der Waals surface area (Å²) in [4.78, 5) is 2.49. The molecule has 1 heterocycles. The van der Waals surface area contributed by atoms with E-state index >= 15 is 0 Å². The molecule has 1 atom stereocenters. The van der Waals surface area contributed by atoms with Gasteiger partial charge in [0.05, 0.1) is 0 Å². The van der Waals surface area contributed by atoms with E-state index in [1.165, 1.54) is 18.7 Å². The molecule has 0 aromatic heterocycles. The molecule has 0 bridgehead atoms. The summed E-state index contributed by atoms with van der Waals surface area (Å²) in [5.74, 6) is 1.51. The van der Waals surface area contributed by atoms with Gasteiger partial charge in [-0.2, -0.15) is 0 Å². The fourth-order valence-corrected chi connectivity index (χ4v) is 2.68. The van der Waals surface area contributed by atoms with Crippen LogP contribution in [-0.4, -0.2) is 13.1 Å². The Morgan fingerprint density at radius 3 is 2.73 bits per heavy atom. The average molecular weight is 203 g/mol. The first-order valence-electron chi connectivity index (χ1n) is 6.08. The van der Waals surface area contributed by atoms with Crippen molar-refractivity contribution in [1.29, 1.82) is 0 Å². The minimum Gasteiger partial charge on any atom is -0.372 e. The summed E-state index contributed by atoms with van der Waals surface area (Å²) < 4.78 is 0. The number of para-hydroxylation sites is 1. The number of hydrogen-bond donors (Lipinski definition) is 0. The summed E-state index contributed by atoms with van der Waals surface area (Å²) in [5, 5.41) is 0. The van der Waals surface area contributed by atoms with Crippen molar-refractivity contribution in [3.05, 3.63) is 29.8 Å². The number of rotatable bonds is 2. The normalized spacial score (nSPS) is 20.5. The zero-order chi connectivity index (χ0) is 10.8. The molecule has 15 heavy (non-hydrogen) atoms. The third kappa shape index (κ3) is 1.88. The van der Waals surface area contributed by atoms with Gasteiger partial charge in [0.25, 0.3) is 0 Å². The molecular formula is C14H21N. The standard InChI is InChI=1S/C14H21N/c1-4-15-10-9-12(11(2)3)13-7-5-6-8-14(13)15/h5-8,11-12H,4,9-10H2,1-3H3. The van der Waals surface area contributed by atoms with E-state index in [-0.39, 0.29) is 0 Å². The molecule has 0 N–H and O–H groups in total. The van der Waals surface area contributed by atoms with E-state index in [2.05, 4.69) is 49.9 Å². The number of benzene rings is 1. The largest absolute Gasteiger partial charge is 0.372 e. The predicted octanol–water partition coefficient (Wildman–Crippen LogP) is 3.66. The summed E-state index contributed by atoms with van der Waals surface area (Å²) in [6.07, 6.45) is 1.31. The molecule has 0 fully saturated rings. The fraction of sp³-hybridized carbons (Fsp3) is 0.571. The van der Waals surface area contributed by atoms with Crippen LogP contribution in [0.3, 0.4) is 0 Å². The van der Waals surface area contributed by atoms with Crippen LogP contribution in [0.5, 0.6) is 0 Å². The molecule has 1 aromatic rings. The van der Waals surface area contributed by atoms with Gasteiger partial charge in [0, 0.05) is 18.8 Å². The lowest BCUT2D eigenvalue weighted by atomic mass is 9.82. The molecule has 1 aliphatic heterocycles. The summed E-state index contributed by atoms with van der Waals surface area (Å²) in [6.45, 7) is 9.26. The molecule has 0 saturated heterocycles. The maximum Gasteiger partial charge on any atom is 0.0401 e. The zero-order valence-electron chi connectivity index (χ0n) is 10.0. The molecule has 0 aliphatic carbocycles. The lowest BCUT2D eigenvalue weighted by molar-refractivity contribution is 0.451. The minimum absolute atomic E-state index is 0.754. The van der Waals surface area contributed by atoms with Gasteiger partial charge in [0.1, 0.15) is 0 Å². The van der Waals surface area contributed by atoms with Crippen molar-refractivity contribution < 1.29 is 0 Å². The van der Waals surface area contributed by atoms with E-state index in [1.807, 2.05) is 0 Å². The molecule has 0 saturated carbocycles. The molecule has 0 amide bonds. The van der Waals surface area contributed by atoms with Crippen molar-refractivity contribution in [2.45, 2.75) is 33.1 Å². The van der Waals surface area contributed by atoms with Crippen molar-refractivity contribution in [1.82, 2.24) is 0 Å². The van der Waals surface area contributed by atoms with Gasteiger partial charge in [-0.15, -0.1) is 0 Å². The summed E-state index contributed by atoms with van der Waals surface area (Å²) in [7, 11) is 0. The molecule has 1 nitrogen and oxygen atoms in total. The maximum atomic E-state index is 2.49. The lowest BCUT2D eigenvalue weighted by Gasteiger charge is -2.36. The van der Waals surface area contributed by atoms with Crippen molar-refractivity contribution in [3.63, 3.8) is 0 Å². The van der Waals surface area contributed by atoms with Gasteiger partial charge >= 0.3 is 0 Å². The SMILES string of the molecule is CCN1CCC(C(C)C)c2ccccc21. The van der Waals surface area contributed by atoms with Crippen LogP contribution >= 0.6 is 0 Å². The third-order valence-corrected chi connectivity index (χ3v) is 3.57. The van der Waals surface area contributed by atoms with Gasteiger partial charge in [0.2, 0.25) is 0 Å². The van der Waals surface area contributed by atoms with Crippen LogP contribution in [0.25, 0.3) is 0 Å². The second-order valence-electron chi connectivity index (χ2n) is 4.78. The molecule has 1 heteroatoms. The summed E-state index contributed by atoms with van der Waals surface area (Å²) in [6, 6.07) is 8.91. The van der Waals surface area contributed by atoms with Crippen LogP contribution in [0.15, 0.2) is 24.3 Å². The Balaban J connectivity index is 2.39. The number of fused-ring (bicyclic) bond motifs is 1. The number of anilines is 1. The van der Waals surface area contributed by atoms with Crippen LogP contribution in [-0.2, 0) is 0 Å². The van der Waals surface area contributed by atoms with E-state index in [1.54, 1.807) is 5.56 Å². The lowest BCUT2D eigenvalue weighted by Crippen LogP contribution is -2.32. The Morgan fingerprint density at radius 2 is 2.07 bits per heavy atom. The van der Waals surface area contributed by atoms with E-state index in [9.17, 15) is 0 Å². The van der Waals surface area contributed by atoms with Crippen LogP contribution in [0.2, 0.25) is 0 Å². The van der Waals surface area contributed by atoms with Crippen molar-refractivity contribution in [3.8, 4) is 0 Å². The van der Waals surface area contributed by atoms with Gasteiger partial charge < -0.3 is 4.90 Å². The molecule has 2 rings (SSSR count). The van der Waals surface area contributed by atoms with Gasteiger partial charge in [-0.25, -0.2) is 0 Å². The molecular weight excluding hydrogens is 182 g/mol. The van der Waals surface area contributed by atoms with Crippen LogP contribution in [0, 0.1) is 5.92 Å². The average Bonchev–Trinajstić information content (AvgIpc) is 2.27. The topological polar surface area (TPSA) is 3.24 Å². The number of nitrogens with zero attached hydrogens (tertiary/aromatic N) is 1. The quantitative estimate of drug-likeness (QED) is 0.709. The Morgan fingerprint density at radius 1 is 1.33 bits per heavy atom. The van der Waals surface area contributed by atoms with Gasteiger partial charge in [-0.05, 0) is 36.8 Å². The molecule has 1 aliphatic rings. The summed E-state index contributed by atoms with van der Waals surface area (Å²) in [5.41, 5.74) is 3.02. The van der Waals surface area contributed by atoms with E-state index in [4.69, 9.17) is 0 Å². The monoisotopic (exact) mass is 203 g/mol. The Kier molecular flexibility index (Phi) is 2.99. The van der Waals surface area contributed by atoms with Crippen LogP contribution < -0.4 is 4.90 Å². The first-order valence-corrected chi connectivity index (χ1v) is 6.08. The molecule has 1 unspecified atom stereocenters. The van der Waals surface area contributed by atoms with Crippen molar-refractivity contribution >= 4 is 5.69 Å². The number of hydrogen-bond acceptors (Lipinski definition) is 1. The second kappa shape index (κ2) is 4.26. The first kappa shape index (κ1) is 10.5. The highest BCUT2D eigenvalue weighted by molar-refractivity contribution is 5.57. The highest BCUT2D eigenvalue weighted by Gasteiger charge is 2.25. The highest BCUT2D eigenvalue weighted by atomic mass is 15.1. The van der Waals surface area contributed by atoms with E-state index < -0.39 is 0 Å². The smallest absolute Gasteiger partial charge is 0.0401 e. The molecule has 1 aromatic carbocycles. The predicted molar refractivity (Wildman–Crippen MR) is 66.5 cm³/mol. The minimum atomic E-state index is 0.754. The van der Waals surface area contributed by atoms with E-state index in [0.717, 1.165) is 18.4 Å². The highest BCUT2D eigenvalue weighted by Crippen LogP contribution is 2.38. The molecule has 0 radical (unpaired) electrons. The van der Waals surface area contributed by atoms with Crippen molar-refractivity contribution in [2.75, 3.05) is 18.0 Å². The summed E-state index contributed by atoms with van der Waals surface area (Å²) >= 11 is 0. The van der Waals surface area contributed by atoms with Crippen LogP contribution in [0.1, 0.15) is 38.7 Å². The Bertz CT molecular complexity index is 330. The van der Waals surface area contributed by atoms with Gasteiger partial charge in [-0.1, -0.05) is 32.0 Å². The van der Waals surface area contributed by atoms with E-state index in [0.29, 0.717) is 0 Å². The Hall–Kier alpha value is -0.980. The van der Waals surface area contributed by atoms with Crippen LogP contribution in [0.4, 0.5) is 5.69 Å². The molecule has 82 valence electrons. The third-order valence-electron chi connectivity index (χ3n) is 3.57. The second-order valence-corrected chi connectivity index (χ2v) is 4.78. The fourth-order valence-electron chi connectivity index (χ4n) is 2.68. The van der Waals surface area contributed by atoms with Gasteiger partial charge in [-0.3, -0.25) is 0 Å². The first-order chi connectivity index (χ1) is 7.24. The molecule has 0 spiro atoms. The van der Waals surface area contributed by atoms with Crippen molar-refractivity contribution in [2.24, 2.45) is 5.92 Å². The maximum absolute atomic E-state index is 2.49.